The zero-order valence-electron chi connectivity index (χ0n) is 17.2. The third kappa shape index (κ3) is 2.57. The van der Waals surface area contributed by atoms with Gasteiger partial charge < -0.3 is 10.1 Å². The van der Waals surface area contributed by atoms with Crippen molar-refractivity contribution in [1.82, 2.24) is 0 Å². The molecule has 2 aromatic heterocycles. The summed E-state index contributed by atoms with van der Waals surface area (Å²) in [5, 5.41) is 6.05. The molecule has 1 N–H and O–H groups in total. The smallest absolute Gasteiger partial charge is 0.329 e. The number of aryl methyl sites for hydroxylation is 4. The summed E-state index contributed by atoms with van der Waals surface area (Å²) in [5.74, 6) is -0.286. The van der Waals surface area contributed by atoms with Gasteiger partial charge in [-0.15, -0.1) is 22.7 Å². The Morgan fingerprint density at radius 3 is 2.28 bits per heavy atom. The van der Waals surface area contributed by atoms with E-state index in [4.69, 9.17) is 4.74 Å². The Labute approximate surface area is 178 Å². The molecule has 0 saturated heterocycles. The highest BCUT2D eigenvalue weighted by Crippen LogP contribution is 2.50. The first-order chi connectivity index (χ1) is 13.9. The SMILES string of the molecule is COC(=O)C1Nc2ccc3c(C)c(C)sc3c2C1c1cccc2c(C)c(C)sc12. The van der Waals surface area contributed by atoms with Gasteiger partial charge in [0.1, 0.15) is 6.04 Å². The minimum atomic E-state index is -0.420. The number of thiophene rings is 2. The van der Waals surface area contributed by atoms with Gasteiger partial charge in [0.05, 0.1) is 7.11 Å². The highest BCUT2D eigenvalue weighted by atomic mass is 32.1. The topological polar surface area (TPSA) is 38.3 Å². The maximum atomic E-state index is 12.8. The van der Waals surface area contributed by atoms with E-state index in [-0.39, 0.29) is 11.9 Å². The first-order valence-corrected chi connectivity index (χ1v) is 11.4. The van der Waals surface area contributed by atoms with Crippen molar-refractivity contribution >= 4 is 54.5 Å². The predicted molar refractivity (Wildman–Crippen MR) is 124 cm³/mol. The van der Waals surface area contributed by atoms with Crippen LogP contribution in [0.5, 0.6) is 0 Å². The van der Waals surface area contributed by atoms with Gasteiger partial charge in [-0.05, 0) is 61.2 Å². The average molecular weight is 422 g/mol. The molecule has 0 amide bonds. The minimum Gasteiger partial charge on any atom is -0.467 e. The van der Waals surface area contributed by atoms with Crippen LogP contribution in [0.25, 0.3) is 20.2 Å². The van der Waals surface area contributed by atoms with Gasteiger partial charge in [0.2, 0.25) is 0 Å². The first-order valence-electron chi connectivity index (χ1n) is 9.78. The zero-order valence-corrected chi connectivity index (χ0v) is 18.8. The normalized spacial score (nSPS) is 18.2. The van der Waals surface area contributed by atoms with Crippen LogP contribution in [0.15, 0.2) is 30.3 Å². The molecule has 29 heavy (non-hydrogen) atoms. The molecule has 0 fully saturated rings. The van der Waals surface area contributed by atoms with Gasteiger partial charge in [-0.2, -0.15) is 0 Å². The van der Waals surface area contributed by atoms with Crippen molar-refractivity contribution in [3.63, 3.8) is 0 Å². The summed E-state index contributed by atoms with van der Waals surface area (Å²) in [6.45, 7) is 8.71. The minimum absolute atomic E-state index is 0.0697. The molecular weight excluding hydrogens is 398 g/mol. The Hall–Kier alpha value is -2.37. The van der Waals surface area contributed by atoms with Gasteiger partial charge in [-0.3, -0.25) is 0 Å². The summed E-state index contributed by atoms with van der Waals surface area (Å²) < 4.78 is 7.76. The Balaban J connectivity index is 1.84. The molecule has 0 bridgehead atoms. The molecule has 0 saturated carbocycles. The lowest BCUT2D eigenvalue weighted by atomic mass is 9.86. The molecule has 0 spiro atoms. The molecule has 4 aromatic rings. The molecular formula is C24H23NO2S2. The number of hydrogen-bond acceptors (Lipinski definition) is 5. The van der Waals surface area contributed by atoms with E-state index >= 15 is 0 Å². The van der Waals surface area contributed by atoms with Crippen molar-refractivity contribution in [2.75, 3.05) is 12.4 Å². The molecule has 3 nitrogen and oxygen atoms in total. The van der Waals surface area contributed by atoms with Gasteiger partial charge >= 0.3 is 5.97 Å². The highest BCUT2D eigenvalue weighted by molar-refractivity contribution is 7.20. The number of benzene rings is 2. The van der Waals surface area contributed by atoms with Gasteiger partial charge in [-0.1, -0.05) is 24.3 Å². The summed E-state index contributed by atoms with van der Waals surface area (Å²) in [7, 11) is 1.47. The molecule has 148 valence electrons. The molecule has 2 atom stereocenters. The van der Waals surface area contributed by atoms with Crippen LogP contribution in [0.2, 0.25) is 0 Å². The average Bonchev–Trinajstić information content (AvgIpc) is 3.34. The van der Waals surface area contributed by atoms with E-state index in [9.17, 15) is 4.79 Å². The van der Waals surface area contributed by atoms with Crippen LogP contribution < -0.4 is 5.32 Å². The Kier molecular flexibility index (Phi) is 4.23. The molecule has 1 aliphatic heterocycles. The lowest BCUT2D eigenvalue weighted by Gasteiger charge is -2.20. The van der Waals surface area contributed by atoms with Crippen LogP contribution in [0.4, 0.5) is 5.69 Å². The van der Waals surface area contributed by atoms with Crippen molar-refractivity contribution in [2.24, 2.45) is 0 Å². The monoisotopic (exact) mass is 421 g/mol. The maximum Gasteiger partial charge on any atom is 0.329 e. The van der Waals surface area contributed by atoms with Crippen molar-refractivity contribution in [3.8, 4) is 0 Å². The summed E-state index contributed by atoms with van der Waals surface area (Å²) in [6.07, 6.45) is 0. The Morgan fingerprint density at radius 1 is 0.931 bits per heavy atom. The van der Waals surface area contributed by atoms with E-state index < -0.39 is 6.04 Å². The Morgan fingerprint density at radius 2 is 1.59 bits per heavy atom. The second-order valence-electron chi connectivity index (χ2n) is 7.82. The number of rotatable bonds is 2. The number of fused-ring (bicyclic) bond motifs is 4. The number of ether oxygens (including phenoxy) is 1. The van der Waals surface area contributed by atoms with E-state index in [2.05, 4.69) is 63.3 Å². The fraction of sp³-hybridized carbons (Fsp3) is 0.292. The zero-order chi connectivity index (χ0) is 20.4. The number of anilines is 1. The third-order valence-corrected chi connectivity index (χ3v) is 8.89. The number of nitrogens with one attached hydrogen (secondary N) is 1. The van der Waals surface area contributed by atoms with Crippen LogP contribution in [-0.4, -0.2) is 19.1 Å². The molecule has 5 heteroatoms. The van der Waals surface area contributed by atoms with Gasteiger partial charge in [0.25, 0.3) is 0 Å². The van der Waals surface area contributed by atoms with E-state index in [0.717, 1.165) is 5.69 Å². The van der Waals surface area contributed by atoms with Crippen molar-refractivity contribution in [2.45, 2.75) is 39.7 Å². The van der Waals surface area contributed by atoms with Crippen LogP contribution >= 0.6 is 22.7 Å². The third-order valence-electron chi connectivity index (χ3n) is 6.36. The second-order valence-corrected chi connectivity index (χ2v) is 10.3. The number of hydrogen-bond donors (Lipinski definition) is 1. The van der Waals surface area contributed by atoms with E-state index in [1.54, 1.807) is 0 Å². The molecule has 1 aliphatic rings. The quantitative estimate of drug-likeness (QED) is 0.378. The number of carbonyl (C=O) groups is 1. The van der Waals surface area contributed by atoms with Gasteiger partial charge in [-0.25, -0.2) is 4.79 Å². The highest BCUT2D eigenvalue weighted by Gasteiger charge is 2.41. The lowest BCUT2D eigenvalue weighted by molar-refractivity contribution is -0.141. The van der Waals surface area contributed by atoms with E-state index in [1.165, 1.54) is 59.3 Å². The number of esters is 1. The van der Waals surface area contributed by atoms with Gasteiger partial charge in [0, 0.05) is 36.3 Å². The fourth-order valence-electron chi connectivity index (χ4n) is 4.56. The summed E-state index contributed by atoms with van der Waals surface area (Å²) in [6, 6.07) is 10.4. The standard InChI is InChI=1S/C24H23NO2S2/c1-11-13(3)28-22-15(11)7-6-8-17(22)19-20-18(25-21(19)24(26)27-5)10-9-16-12(2)14(4)29-23(16)20/h6-10,19,21,25H,1-5H3. The molecule has 2 aromatic carbocycles. The second kappa shape index (κ2) is 6.57. The first kappa shape index (κ1) is 18.6. The number of carbonyl (C=O) groups excluding carboxylic acids is 1. The molecule has 0 aliphatic carbocycles. The lowest BCUT2D eigenvalue weighted by Crippen LogP contribution is -2.32. The number of methoxy groups -OCH3 is 1. The summed E-state index contributed by atoms with van der Waals surface area (Å²) >= 11 is 3.65. The Bertz CT molecular complexity index is 1300. The largest absolute Gasteiger partial charge is 0.467 e. The van der Waals surface area contributed by atoms with Crippen LogP contribution in [-0.2, 0) is 9.53 Å². The maximum absolute atomic E-state index is 12.8. The van der Waals surface area contributed by atoms with Crippen LogP contribution in [0, 0.1) is 27.7 Å². The molecule has 0 radical (unpaired) electrons. The van der Waals surface area contributed by atoms with Gasteiger partial charge in [0.15, 0.2) is 0 Å². The van der Waals surface area contributed by atoms with Crippen molar-refractivity contribution in [1.29, 1.82) is 0 Å². The van der Waals surface area contributed by atoms with E-state index in [0.29, 0.717) is 0 Å². The molecule has 5 rings (SSSR count). The fourth-order valence-corrected chi connectivity index (χ4v) is 7.02. The van der Waals surface area contributed by atoms with Crippen LogP contribution in [0.3, 0.4) is 0 Å². The van der Waals surface area contributed by atoms with E-state index in [1.807, 2.05) is 22.7 Å². The van der Waals surface area contributed by atoms with Crippen molar-refractivity contribution < 1.29 is 9.53 Å². The summed E-state index contributed by atoms with van der Waals surface area (Å²) in [5.41, 5.74) is 6.14. The van der Waals surface area contributed by atoms with Crippen LogP contribution in [0.1, 0.15) is 37.9 Å². The predicted octanol–water partition coefficient (Wildman–Crippen LogP) is 6.45. The summed E-state index contributed by atoms with van der Waals surface area (Å²) in [4.78, 5) is 15.5. The molecule has 3 heterocycles. The van der Waals surface area contributed by atoms with Crippen molar-refractivity contribution in [3.05, 3.63) is 62.3 Å². The molecule has 2 unspecified atom stereocenters.